The Labute approximate surface area is 226 Å². The lowest BCUT2D eigenvalue weighted by atomic mass is 9.94. The number of nitriles is 1. The number of fused-ring (bicyclic) bond motifs is 2. The summed E-state index contributed by atoms with van der Waals surface area (Å²) in [4.78, 5) is 26.7. The summed E-state index contributed by atoms with van der Waals surface area (Å²) in [5.74, 6) is -2.88. The van der Waals surface area contributed by atoms with Gasteiger partial charge in [0.2, 0.25) is 6.41 Å². The van der Waals surface area contributed by atoms with Gasteiger partial charge in [-0.05, 0) is 42.7 Å². The van der Waals surface area contributed by atoms with E-state index >= 15 is 4.39 Å². The smallest absolute Gasteiger partial charge is 0.282 e. The second-order valence-corrected chi connectivity index (χ2v) is 10.6. The van der Waals surface area contributed by atoms with Crippen molar-refractivity contribution in [3.8, 4) is 17.2 Å². The molecule has 39 heavy (non-hydrogen) atoms. The van der Waals surface area contributed by atoms with Crippen molar-refractivity contribution in [2.24, 2.45) is 0 Å². The summed E-state index contributed by atoms with van der Waals surface area (Å²) in [6.07, 6.45) is 2.98. The molecule has 1 aliphatic heterocycles. The van der Waals surface area contributed by atoms with E-state index in [4.69, 9.17) is 5.73 Å². The molecule has 1 saturated heterocycles. The fourth-order valence-corrected chi connectivity index (χ4v) is 6.40. The number of hydrogen-bond donors (Lipinski definition) is 1. The van der Waals surface area contributed by atoms with Crippen molar-refractivity contribution < 1.29 is 22.8 Å². The van der Waals surface area contributed by atoms with Crippen LogP contribution in [0.5, 0.6) is 0 Å². The normalized spacial score (nSPS) is 15.6. The molecule has 0 radical (unpaired) electrons. The predicted octanol–water partition coefficient (Wildman–Crippen LogP) is 5.11. The molecule has 1 unspecified atom stereocenters. The van der Waals surface area contributed by atoms with Gasteiger partial charge in [-0.2, -0.15) is 5.26 Å². The first kappa shape index (κ1) is 26.3. The lowest BCUT2D eigenvalue weighted by Gasteiger charge is -2.39. The maximum absolute atomic E-state index is 15.6. The van der Waals surface area contributed by atoms with E-state index < -0.39 is 23.4 Å². The molecule has 200 valence electrons. The molecule has 1 atom stereocenters. The topological polar surface area (TPSA) is 95.4 Å². The molecule has 0 aliphatic carbocycles. The number of carbonyl (C=O) groups is 2. The third-order valence-electron chi connectivity index (χ3n) is 7.27. The van der Waals surface area contributed by atoms with Crippen molar-refractivity contribution >= 4 is 49.6 Å². The molecule has 7 nitrogen and oxygen atoms in total. The zero-order valence-electron chi connectivity index (χ0n) is 21.0. The van der Waals surface area contributed by atoms with E-state index in [9.17, 15) is 23.6 Å². The Hall–Kier alpha value is -4.30. The highest BCUT2D eigenvalue weighted by Crippen LogP contribution is 2.44. The van der Waals surface area contributed by atoms with Crippen LogP contribution < -0.4 is 5.73 Å². The minimum Gasteiger partial charge on any atom is -0.389 e. The van der Waals surface area contributed by atoms with Crippen molar-refractivity contribution in [3.63, 3.8) is 0 Å². The number of nitrogens with two attached hydrogens (primary N) is 1. The molecule has 0 bridgehead atoms. The van der Waals surface area contributed by atoms with Gasteiger partial charge in [0.1, 0.15) is 22.7 Å². The van der Waals surface area contributed by atoms with Gasteiger partial charge in [0.05, 0.1) is 21.8 Å². The van der Waals surface area contributed by atoms with E-state index in [1.807, 2.05) is 10.6 Å². The summed E-state index contributed by atoms with van der Waals surface area (Å²) < 4.78 is 45.8. The standard InChI is InChI=1S/C28H24F3N5O2S/c1-15-11-22(31)23(18-3-4-21(30)26-24(18)20(12-32)27(33)39-26)19-6-8-34(25(15)19)7-5-17-13-35(28(38)16(2)29)9-10-36(17)14-37/h3-4,6,8,11,14,17H,2,5,7,9-10,13,33H2,1H3. The lowest BCUT2D eigenvalue weighted by Crippen LogP contribution is -2.54. The Bertz CT molecular complexity index is 1700. The van der Waals surface area contributed by atoms with Crippen LogP contribution in [0.3, 0.4) is 0 Å². The summed E-state index contributed by atoms with van der Waals surface area (Å²) in [6.45, 7) is 5.95. The third kappa shape index (κ3) is 4.40. The van der Waals surface area contributed by atoms with Gasteiger partial charge in [0.15, 0.2) is 5.83 Å². The number of carbonyl (C=O) groups excluding carboxylic acids is 2. The van der Waals surface area contributed by atoms with Crippen LogP contribution in [0.2, 0.25) is 0 Å². The van der Waals surface area contributed by atoms with Crippen molar-refractivity contribution in [2.45, 2.75) is 25.9 Å². The summed E-state index contributed by atoms with van der Waals surface area (Å²) >= 11 is 0.951. The van der Waals surface area contributed by atoms with Crippen LogP contribution in [-0.4, -0.2) is 52.4 Å². The molecular weight excluding hydrogens is 527 g/mol. The first-order valence-corrected chi connectivity index (χ1v) is 13.0. The molecule has 0 saturated carbocycles. The predicted molar refractivity (Wildman–Crippen MR) is 145 cm³/mol. The summed E-state index contributed by atoms with van der Waals surface area (Å²) in [5, 5.41) is 10.7. The second-order valence-electron chi connectivity index (χ2n) is 9.52. The van der Waals surface area contributed by atoms with Gasteiger partial charge in [-0.25, -0.2) is 13.2 Å². The monoisotopic (exact) mass is 551 g/mol. The highest BCUT2D eigenvalue weighted by atomic mass is 32.1. The van der Waals surface area contributed by atoms with Crippen molar-refractivity contribution in [3.05, 3.63) is 65.6 Å². The molecule has 4 aromatic rings. The van der Waals surface area contributed by atoms with E-state index in [-0.39, 0.29) is 51.9 Å². The molecule has 1 aliphatic rings. The van der Waals surface area contributed by atoms with Gasteiger partial charge >= 0.3 is 0 Å². The SMILES string of the molecule is C=C(F)C(=O)N1CCN(C=O)C(CCn2ccc3c(-c4ccc(F)c5sc(N)c(C#N)c45)c(F)cc(C)c32)C1. The van der Waals surface area contributed by atoms with Gasteiger partial charge in [-0.15, -0.1) is 11.3 Å². The van der Waals surface area contributed by atoms with E-state index in [0.29, 0.717) is 29.5 Å². The average Bonchev–Trinajstić information content (AvgIpc) is 3.49. The van der Waals surface area contributed by atoms with Crippen molar-refractivity contribution in [1.82, 2.24) is 14.4 Å². The molecule has 2 aromatic carbocycles. The first-order valence-electron chi connectivity index (χ1n) is 12.2. The minimum absolute atomic E-state index is 0.110. The number of halogens is 3. The fraction of sp³-hybridized carbons (Fsp3) is 0.250. The third-order valence-corrected chi connectivity index (χ3v) is 8.30. The van der Waals surface area contributed by atoms with Crippen LogP contribution in [0.1, 0.15) is 17.5 Å². The Morgan fingerprint density at radius 3 is 2.74 bits per heavy atom. The molecule has 11 heteroatoms. The highest BCUT2D eigenvalue weighted by molar-refractivity contribution is 7.23. The first-order chi connectivity index (χ1) is 18.7. The largest absolute Gasteiger partial charge is 0.389 e. The number of aromatic nitrogens is 1. The molecule has 2 N–H and O–H groups in total. The van der Waals surface area contributed by atoms with Gasteiger partial charge in [0, 0.05) is 48.7 Å². The number of anilines is 1. The number of benzene rings is 2. The maximum Gasteiger partial charge on any atom is 0.282 e. The number of aryl methyl sites for hydroxylation is 2. The zero-order valence-corrected chi connectivity index (χ0v) is 21.8. The maximum atomic E-state index is 15.6. The molecule has 0 spiro atoms. The number of nitrogens with zero attached hydrogens (tertiary/aromatic N) is 4. The van der Waals surface area contributed by atoms with Crippen LogP contribution in [-0.2, 0) is 16.1 Å². The Morgan fingerprint density at radius 2 is 2.05 bits per heavy atom. The van der Waals surface area contributed by atoms with Crippen molar-refractivity contribution in [1.29, 1.82) is 5.26 Å². The lowest BCUT2D eigenvalue weighted by molar-refractivity contribution is -0.135. The van der Waals surface area contributed by atoms with E-state index in [1.54, 1.807) is 24.1 Å². The van der Waals surface area contributed by atoms with Crippen LogP contribution in [0, 0.1) is 29.9 Å². The Balaban J connectivity index is 1.55. The van der Waals surface area contributed by atoms with Gasteiger partial charge in [0.25, 0.3) is 5.91 Å². The van der Waals surface area contributed by atoms with Gasteiger partial charge in [-0.1, -0.05) is 12.6 Å². The number of piperazine rings is 1. The van der Waals surface area contributed by atoms with E-state index in [1.165, 1.54) is 23.1 Å². The molecule has 3 heterocycles. The average molecular weight is 552 g/mol. The number of thiophene rings is 1. The molecule has 2 aromatic heterocycles. The molecular formula is C28H24F3N5O2S. The van der Waals surface area contributed by atoms with Crippen molar-refractivity contribution in [2.75, 3.05) is 25.4 Å². The summed E-state index contributed by atoms with van der Waals surface area (Å²) in [5.41, 5.74) is 8.11. The number of rotatable bonds is 6. The van der Waals surface area contributed by atoms with Crippen LogP contribution in [0.4, 0.5) is 18.2 Å². The summed E-state index contributed by atoms with van der Waals surface area (Å²) in [7, 11) is 0. The zero-order chi connectivity index (χ0) is 28.0. The van der Waals surface area contributed by atoms with Crippen LogP contribution in [0.15, 0.2) is 42.9 Å². The van der Waals surface area contributed by atoms with Gasteiger partial charge in [-0.3, -0.25) is 9.59 Å². The quantitative estimate of drug-likeness (QED) is 0.266. The Kier molecular flexibility index (Phi) is 6.82. The molecule has 1 fully saturated rings. The van der Waals surface area contributed by atoms with Crippen LogP contribution >= 0.6 is 11.3 Å². The molecule has 2 amide bonds. The number of nitrogen functional groups attached to an aromatic ring is 1. The fourth-order valence-electron chi connectivity index (χ4n) is 5.45. The van der Waals surface area contributed by atoms with Gasteiger partial charge < -0.3 is 20.1 Å². The Morgan fingerprint density at radius 1 is 1.28 bits per heavy atom. The minimum atomic E-state index is -1.04. The molecule has 5 rings (SSSR count). The van der Waals surface area contributed by atoms with E-state index in [0.717, 1.165) is 23.3 Å². The second kappa shape index (κ2) is 10.1. The summed E-state index contributed by atoms with van der Waals surface area (Å²) in [6, 6.07) is 7.55. The highest BCUT2D eigenvalue weighted by Gasteiger charge is 2.30. The number of hydrogen-bond acceptors (Lipinski definition) is 5. The number of amides is 2. The van der Waals surface area contributed by atoms with E-state index in [2.05, 4.69) is 6.58 Å². The van der Waals surface area contributed by atoms with Crippen LogP contribution in [0.25, 0.3) is 32.1 Å².